The predicted octanol–water partition coefficient (Wildman–Crippen LogP) is 3.62. The number of pyridine rings is 1. The standard InChI is InChI=1S/C19H23NO3S/c1-3-14-4-7-16(20-13-14)10-11-23-17-8-5-15(6-9-17)12-18(24-2)19(21)22/h4-9,13,18H,3,10-12H2,1-2H3,(H,21,22). The molecule has 2 rings (SSSR count). The zero-order valence-corrected chi connectivity index (χ0v) is 14.9. The predicted molar refractivity (Wildman–Crippen MR) is 97.9 cm³/mol. The van der Waals surface area contributed by atoms with Crippen LogP contribution in [0, 0.1) is 0 Å². The molecular formula is C19H23NO3S. The topological polar surface area (TPSA) is 59.4 Å². The average molecular weight is 345 g/mol. The van der Waals surface area contributed by atoms with Gasteiger partial charge in [-0.15, -0.1) is 11.8 Å². The maximum Gasteiger partial charge on any atom is 0.316 e. The Morgan fingerprint density at radius 3 is 2.46 bits per heavy atom. The van der Waals surface area contributed by atoms with Crippen LogP contribution in [0.5, 0.6) is 5.75 Å². The van der Waals surface area contributed by atoms with E-state index in [1.165, 1.54) is 17.3 Å². The third-order valence-electron chi connectivity index (χ3n) is 3.83. The van der Waals surface area contributed by atoms with Gasteiger partial charge in [0, 0.05) is 18.3 Å². The molecule has 1 N–H and O–H groups in total. The third-order valence-corrected chi connectivity index (χ3v) is 4.76. The van der Waals surface area contributed by atoms with Gasteiger partial charge in [0.15, 0.2) is 0 Å². The number of carboxylic acids is 1. The molecule has 0 saturated carbocycles. The van der Waals surface area contributed by atoms with Crippen LogP contribution in [-0.4, -0.2) is 34.2 Å². The second-order valence-electron chi connectivity index (χ2n) is 5.52. The lowest BCUT2D eigenvalue weighted by Gasteiger charge is -2.10. The van der Waals surface area contributed by atoms with E-state index in [9.17, 15) is 4.79 Å². The number of rotatable bonds is 9. The molecule has 1 unspecified atom stereocenters. The lowest BCUT2D eigenvalue weighted by Crippen LogP contribution is -2.18. The Morgan fingerprint density at radius 2 is 1.92 bits per heavy atom. The first-order chi connectivity index (χ1) is 11.6. The Bertz CT molecular complexity index is 641. The van der Waals surface area contributed by atoms with Crippen LogP contribution in [0.15, 0.2) is 42.6 Å². The molecular weight excluding hydrogens is 322 g/mol. The molecule has 128 valence electrons. The van der Waals surface area contributed by atoms with Gasteiger partial charge in [-0.3, -0.25) is 9.78 Å². The fourth-order valence-corrected chi connectivity index (χ4v) is 2.85. The van der Waals surface area contributed by atoms with Gasteiger partial charge in [-0.2, -0.15) is 0 Å². The molecule has 0 aliphatic rings. The quantitative estimate of drug-likeness (QED) is 0.752. The summed E-state index contributed by atoms with van der Waals surface area (Å²) >= 11 is 1.35. The van der Waals surface area contributed by atoms with Gasteiger partial charge >= 0.3 is 5.97 Å². The molecule has 2 aromatic rings. The van der Waals surface area contributed by atoms with Gasteiger partial charge in [0.1, 0.15) is 11.0 Å². The van der Waals surface area contributed by atoms with Crippen molar-refractivity contribution >= 4 is 17.7 Å². The van der Waals surface area contributed by atoms with E-state index >= 15 is 0 Å². The van der Waals surface area contributed by atoms with Gasteiger partial charge < -0.3 is 9.84 Å². The summed E-state index contributed by atoms with van der Waals surface area (Å²) in [7, 11) is 0. The van der Waals surface area contributed by atoms with E-state index in [0.717, 1.165) is 29.8 Å². The molecule has 0 radical (unpaired) electrons. The smallest absolute Gasteiger partial charge is 0.316 e. The van der Waals surface area contributed by atoms with Crippen LogP contribution >= 0.6 is 11.8 Å². The number of thioether (sulfide) groups is 1. The number of carboxylic acid groups (broad SMARTS) is 1. The fourth-order valence-electron chi connectivity index (χ4n) is 2.29. The van der Waals surface area contributed by atoms with E-state index in [1.807, 2.05) is 42.8 Å². The van der Waals surface area contributed by atoms with Crippen molar-refractivity contribution < 1.29 is 14.6 Å². The van der Waals surface area contributed by atoms with Gasteiger partial charge in [-0.05, 0) is 48.4 Å². The monoisotopic (exact) mass is 345 g/mol. The van der Waals surface area contributed by atoms with Gasteiger partial charge in [0.2, 0.25) is 0 Å². The van der Waals surface area contributed by atoms with Crippen LogP contribution in [0.4, 0.5) is 0 Å². The summed E-state index contributed by atoms with van der Waals surface area (Å²) in [5, 5.41) is 8.69. The van der Waals surface area contributed by atoms with Crippen molar-refractivity contribution in [3.05, 3.63) is 59.4 Å². The molecule has 0 saturated heterocycles. The van der Waals surface area contributed by atoms with Crippen LogP contribution in [0.3, 0.4) is 0 Å². The van der Waals surface area contributed by atoms with Crippen molar-refractivity contribution in [1.82, 2.24) is 4.98 Å². The molecule has 1 aromatic heterocycles. The van der Waals surface area contributed by atoms with E-state index < -0.39 is 11.2 Å². The summed E-state index contributed by atoms with van der Waals surface area (Å²) in [4.78, 5) is 15.5. The highest BCUT2D eigenvalue weighted by Gasteiger charge is 2.16. The number of nitrogens with zero attached hydrogens (tertiary/aromatic N) is 1. The lowest BCUT2D eigenvalue weighted by molar-refractivity contribution is -0.136. The molecule has 1 heterocycles. The minimum absolute atomic E-state index is 0.408. The summed E-state index contributed by atoms with van der Waals surface area (Å²) in [5.41, 5.74) is 3.26. The Hall–Kier alpha value is -2.01. The van der Waals surface area contributed by atoms with E-state index in [0.29, 0.717) is 13.0 Å². The number of ether oxygens (including phenoxy) is 1. The highest BCUT2D eigenvalue weighted by Crippen LogP contribution is 2.18. The van der Waals surface area contributed by atoms with E-state index in [-0.39, 0.29) is 0 Å². The molecule has 0 aliphatic heterocycles. The zero-order valence-electron chi connectivity index (χ0n) is 14.1. The number of aromatic nitrogens is 1. The Labute approximate surface area is 147 Å². The summed E-state index contributed by atoms with van der Waals surface area (Å²) in [6.07, 6.45) is 6.01. The van der Waals surface area contributed by atoms with Crippen LogP contribution < -0.4 is 4.74 Å². The Balaban J connectivity index is 1.81. The number of carbonyl (C=O) groups is 1. The molecule has 1 atom stereocenters. The minimum atomic E-state index is -0.774. The van der Waals surface area contributed by atoms with Crippen molar-refractivity contribution in [2.75, 3.05) is 12.9 Å². The van der Waals surface area contributed by atoms with Crippen LogP contribution in [0.25, 0.3) is 0 Å². The van der Waals surface area contributed by atoms with Gasteiger partial charge in [-0.1, -0.05) is 25.1 Å². The van der Waals surface area contributed by atoms with Crippen molar-refractivity contribution in [3.63, 3.8) is 0 Å². The molecule has 0 spiro atoms. The number of benzene rings is 1. The van der Waals surface area contributed by atoms with Crippen molar-refractivity contribution in [2.24, 2.45) is 0 Å². The van der Waals surface area contributed by atoms with E-state index in [1.54, 1.807) is 0 Å². The largest absolute Gasteiger partial charge is 0.493 e. The first-order valence-electron chi connectivity index (χ1n) is 8.03. The average Bonchev–Trinajstić information content (AvgIpc) is 2.61. The first-order valence-corrected chi connectivity index (χ1v) is 9.32. The second-order valence-corrected chi connectivity index (χ2v) is 6.56. The number of aliphatic carboxylic acids is 1. The SMILES string of the molecule is CCc1ccc(CCOc2ccc(CC(SC)C(=O)O)cc2)nc1. The maximum atomic E-state index is 11.1. The molecule has 0 aliphatic carbocycles. The van der Waals surface area contributed by atoms with Crippen LogP contribution in [-0.2, 0) is 24.1 Å². The Morgan fingerprint density at radius 1 is 1.21 bits per heavy atom. The van der Waals surface area contributed by atoms with E-state index in [4.69, 9.17) is 9.84 Å². The molecule has 0 fully saturated rings. The normalized spacial score (nSPS) is 11.9. The number of aryl methyl sites for hydroxylation is 1. The van der Waals surface area contributed by atoms with Gasteiger partial charge in [0.25, 0.3) is 0 Å². The zero-order chi connectivity index (χ0) is 17.4. The summed E-state index contributed by atoms with van der Waals surface area (Å²) in [5.74, 6) is 0.0179. The van der Waals surface area contributed by atoms with Gasteiger partial charge in [0.05, 0.1) is 6.61 Å². The Kier molecular flexibility index (Phi) is 7.12. The van der Waals surface area contributed by atoms with Crippen molar-refractivity contribution in [3.8, 4) is 5.75 Å². The molecule has 0 amide bonds. The first kappa shape index (κ1) is 18.3. The molecule has 24 heavy (non-hydrogen) atoms. The van der Waals surface area contributed by atoms with Crippen LogP contribution in [0.2, 0.25) is 0 Å². The number of hydrogen-bond donors (Lipinski definition) is 1. The van der Waals surface area contributed by atoms with Crippen molar-refractivity contribution in [1.29, 1.82) is 0 Å². The summed E-state index contributed by atoms with van der Waals surface area (Å²) in [6, 6.07) is 11.8. The van der Waals surface area contributed by atoms with Gasteiger partial charge in [-0.25, -0.2) is 0 Å². The van der Waals surface area contributed by atoms with Crippen LogP contribution in [0.1, 0.15) is 23.7 Å². The van der Waals surface area contributed by atoms with E-state index in [2.05, 4.69) is 18.0 Å². The molecule has 1 aromatic carbocycles. The fraction of sp³-hybridized carbons (Fsp3) is 0.368. The second kappa shape index (κ2) is 9.33. The highest BCUT2D eigenvalue weighted by atomic mass is 32.2. The molecule has 0 bridgehead atoms. The summed E-state index contributed by atoms with van der Waals surface area (Å²) in [6.45, 7) is 2.68. The molecule has 4 nitrogen and oxygen atoms in total. The van der Waals surface area contributed by atoms with Crippen molar-refractivity contribution in [2.45, 2.75) is 31.4 Å². The third kappa shape index (κ3) is 5.57. The lowest BCUT2D eigenvalue weighted by atomic mass is 10.1. The maximum absolute atomic E-state index is 11.1. The molecule has 5 heteroatoms. The highest BCUT2D eigenvalue weighted by molar-refractivity contribution is 7.99. The minimum Gasteiger partial charge on any atom is -0.493 e. The number of hydrogen-bond acceptors (Lipinski definition) is 4. The summed E-state index contributed by atoms with van der Waals surface area (Å²) < 4.78 is 5.74.